The summed E-state index contributed by atoms with van der Waals surface area (Å²) in [6.45, 7) is 3.32. The molecule has 3 aliphatic heterocycles. The predicted molar refractivity (Wildman–Crippen MR) is 93.5 cm³/mol. The van der Waals surface area contributed by atoms with Gasteiger partial charge in [0.25, 0.3) is 5.91 Å². The molecule has 2 amide bonds. The molecule has 4 heterocycles. The number of nitrogens with one attached hydrogen (secondary N) is 1. The minimum absolute atomic E-state index is 0.0184. The number of nitrogens with zero attached hydrogens (tertiary/aromatic N) is 1. The second-order valence-corrected chi connectivity index (χ2v) is 7.98. The first-order valence-corrected chi connectivity index (χ1v) is 9.93. The Kier molecular flexibility index (Phi) is 5.05. The Morgan fingerprint density at radius 1 is 1.24 bits per heavy atom. The number of carbonyl (C=O) groups is 2. The molecule has 25 heavy (non-hydrogen) atoms. The molecule has 1 aromatic heterocycles. The highest BCUT2D eigenvalue weighted by Crippen LogP contribution is 2.35. The van der Waals surface area contributed by atoms with Crippen LogP contribution in [-0.4, -0.2) is 61.8 Å². The van der Waals surface area contributed by atoms with Gasteiger partial charge in [0.05, 0.1) is 22.9 Å². The van der Waals surface area contributed by atoms with Gasteiger partial charge in [-0.1, -0.05) is 6.07 Å². The van der Waals surface area contributed by atoms with Crippen molar-refractivity contribution < 1.29 is 19.1 Å². The lowest BCUT2D eigenvalue weighted by molar-refractivity contribution is -0.128. The SMILES string of the molecule is O=C(NCC1CCOCC1)[C@@H]1CN(C(=O)c2cccs2)[C@@H]2CCO[C@H]21. The summed E-state index contributed by atoms with van der Waals surface area (Å²) in [5.74, 6) is 0.264. The molecule has 7 heteroatoms. The number of amides is 2. The Hall–Kier alpha value is -1.44. The van der Waals surface area contributed by atoms with E-state index in [0.717, 1.165) is 37.4 Å². The Labute approximate surface area is 151 Å². The fourth-order valence-electron chi connectivity index (χ4n) is 4.10. The van der Waals surface area contributed by atoms with E-state index in [1.165, 1.54) is 11.3 Å². The second-order valence-electron chi connectivity index (χ2n) is 7.03. The van der Waals surface area contributed by atoms with Crippen molar-refractivity contribution in [2.75, 3.05) is 32.9 Å². The highest BCUT2D eigenvalue weighted by atomic mass is 32.1. The molecule has 1 aromatic rings. The number of thiophene rings is 1. The summed E-state index contributed by atoms with van der Waals surface area (Å²) in [5, 5.41) is 5.00. The van der Waals surface area contributed by atoms with Crippen LogP contribution in [0.25, 0.3) is 0 Å². The molecule has 0 saturated carbocycles. The average molecular weight is 364 g/mol. The van der Waals surface area contributed by atoms with E-state index in [0.29, 0.717) is 25.6 Å². The minimum atomic E-state index is -0.267. The molecule has 3 atom stereocenters. The van der Waals surface area contributed by atoms with Crippen molar-refractivity contribution >= 4 is 23.2 Å². The van der Waals surface area contributed by atoms with Crippen LogP contribution in [0.4, 0.5) is 0 Å². The second kappa shape index (κ2) is 7.43. The summed E-state index contributed by atoms with van der Waals surface area (Å²) in [7, 11) is 0. The maximum Gasteiger partial charge on any atom is 0.264 e. The van der Waals surface area contributed by atoms with E-state index in [1.807, 2.05) is 22.4 Å². The highest BCUT2D eigenvalue weighted by Gasteiger charge is 2.50. The molecule has 0 spiro atoms. The van der Waals surface area contributed by atoms with E-state index >= 15 is 0 Å². The van der Waals surface area contributed by atoms with Gasteiger partial charge in [-0.15, -0.1) is 11.3 Å². The molecule has 136 valence electrons. The summed E-state index contributed by atoms with van der Waals surface area (Å²) in [6.07, 6.45) is 2.64. The maximum atomic E-state index is 12.8. The van der Waals surface area contributed by atoms with E-state index in [2.05, 4.69) is 5.32 Å². The first-order chi connectivity index (χ1) is 12.2. The summed E-state index contributed by atoms with van der Waals surface area (Å²) in [5.41, 5.74) is 0. The first-order valence-electron chi connectivity index (χ1n) is 9.05. The maximum absolute atomic E-state index is 12.8. The van der Waals surface area contributed by atoms with E-state index in [1.54, 1.807) is 0 Å². The van der Waals surface area contributed by atoms with Crippen molar-refractivity contribution in [3.05, 3.63) is 22.4 Å². The van der Waals surface area contributed by atoms with Crippen molar-refractivity contribution in [1.29, 1.82) is 0 Å². The minimum Gasteiger partial charge on any atom is -0.381 e. The lowest BCUT2D eigenvalue weighted by Crippen LogP contribution is -2.40. The molecule has 4 rings (SSSR count). The van der Waals surface area contributed by atoms with Crippen LogP contribution >= 0.6 is 11.3 Å². The Morgan fingerprint density at radius 3 is 2.84 bits per heavy atom. The van der Waals surface area contributed by atoms with Gasteiger partial charge in [-0.3, -0.25) is 9.59 Å². The van der Waals surface area contributed by atoms with Crippen LogP contribution in [0.15, 0.2) is 17.5 Å². The van der Waals surface area contributed by atoms with Gasteiger partial charge < -0.3 is 19.7 Å². The normalized spacial score (nSPS) is 29.6. The molecule has 1 N–H and O–H groups in total. The van der Waals surface area contributed by atoms with Crippen LogP contribution < -0.4 is 5.32 Å². The van der Waals surface area contributed by atoms with Crippen LogP contribution in [0.2, 0.25) is 0 Å². The monoisotopic (exact) mass is 364 g/mol. The molecule has 0 aromatic carbocycles. The quantitative estimate of drug-likeness (QED) is 0.880. The van der Waals surface area contributed by atoms with Gasteiger partial charge in [0, 0.05) is 32.9 Å². The number of rotatable bonds is 4. The molecular weight excluding hydrogens is 340 g/mol. The van der Waals surface area contributed by atoms with Crippen LogP contribution in [0.3, 0.4) is 0 Å². The average Bonchev–Trinajstić information content (AvgIpc) is 3.36. The summed E-state index contributed by atoms with van der Waals surface area (Å²) in [4.78, 5) is 28.1. The molecule has 0 bridgehead atoms. The van der Waals surface area contributed by atoms with Gasteiger partial charge in [-0.2, -0.15) is 0 Å². The number of hydrogen-bond acceptors (Lipinski definition) is 5. The van der Waals surface area contributed by atoms with E-state index in [-0.39, 0.29) is 29.9 Å². The van der Waals surface area contributed by atoms with Crippen molar-refractivity contribution in [3.8, 4) is 0 Å². The summed E-state index contributed by atoms with van der Waals surface area (Å²) in [6, 6.07) is 3.75. The molecule has 6 nitrogen and oxygen atoms in total. The first kappa shape index (κ1) is 17.0. The lowest BCUT2D eigenvalue weighted by atomic mass is 9.98. The van der Waals surface area contributed by atoms with E-state index in [9.17, 15) is 9.59 Å². The lowest BCUT2D eigenvalue weighted by Gasteiger charge is -2.23. The standard InChI is InChI=1S/C18H24N2O4S/c21-17(19-10-12-3-6-23-7-4-12)13-11-20(14-5-8-24-16(13)14)18(22)15-2-1-9-25-15/h1-2,9,12-14,16H,3-8,10-11H2,(H,19,21)/t13-,14-,16+/m1/s1. The number of hydrogen-bond donors (Lipinski definition) is 1. The molecule has 3 fully saturated rings. The number of carbonyl (C=O) groups excluding carboxylic acids is 2. The van der Waals surface area contributed by atoms with Crippen LogP contribution in [0.5, 0.6) is 0 Å². The van der Waals surface area contributed by atoms with Crippen molar-refractivity contribution in [1.82, 2.24) is 10.2 Å². The highest BCUT2D eigenvalue weighted by molar-refractivity contribution is 7.12. The third-order valence-corrected chi connectivity index (χ3v) is 6.39. The summed E-state index contributed by atoms with van der Waals surface area (Å²) >= 11 is 1.45. The molecule has 3 saturated heterocycles. The summed E-state index contributed by atoms with van der Waals surface area (Å²) < 4.78 is 11.2. The van der Waals surface area contributed by atoms with Gasteiger partial charge in [0.1, 0.15) is 0 Å². The predicted octanol–water partition coefficient (Wildman–Crippen LogP) is 1.52. The number of fused-ring (bicyclic) bond motifs is 1. The van der Waals surface area contributed by atoms with E-state index < -0.39 is 0 Å². The molecule has 3 aliphatic rings. The topological polar surface area (TPSA) is 67.9 Å². The van der Waals surface area contributed by atoms with Gasteiger partial charge in [0.2, 0.25) is 5.91 Å². The Morgan fingerprint density at radius 2 is 2.08 bits per heavy atom. The number of likely N-dealkylation sites (tertiary alicyclic amines) is 1. The van der Waals surface area contributed by atoms with Gasteiger partial charge in [-0.05, 0) is 36.6 Å². The van der Waals surface area contributed by atoms with Crippen molar-refractivity contribution in [2.45, 2.75) is 31.4 Å². The van der Waals surface area contributed by atoms with E-state index in [4.69, 9.17) is 9.47 Å². The van der Waals surface area contributed by atoms with Crippen LogP contribution in [0.1, 0.15) is 28.9 Å². The van der Waals surface area contributed by atoms with Gasteiger partial charge >= 0.3 is 0 Å². The molecule has 0 unspecified atom stereocenters. The molecule has 0 radical (unpaired) electrons. The smallest absolute Gasteiger partial charge is 0.264 e. The Bertz CT molecular complexity index is 615. The molecular formula is C18H24N2O4S. The zero-order chi connectivity index (χ0) is 17.2. The fourth-order valence-corrected chi connectivity index (χ4v) is 4.78. The third-order valence-electron chi connectivity index (χ3n) is 5.53. The third kappa shape index (κ3) is 3.45. The number of ether oxygens (including phenoxy) is 2. The fraction of sp³-hybridized carbons (Fsp3) is 0.667. The van der Waals surface area contributed by atoms with Gasteiger partial charge in [0.15, 0.2) is 0 Å². The van der Waals surface area contributed by atoms with Crippen molar-refractivity contribution in [2.24, 2.45) is 11.8 Å². The van der Waals surface area contributed by atoms with Crippen LogP contribution in [0, 0.1) is 11.8 Å². The largest absolute Gasteiger partial charge is 0.381 e. The zero-order valence-corrected chi connectivity index (χ0v) is 15.0. The molecule has 0 aliphatic carbocycles. The zero-order valence-electron chi connectivity index (χ0n) is 14.2. The Balaban J connectivity index is 1.39. The van der Waals surface area contributed by atoms with Crippen molar-refractivity contribution in [3.63, 3.8) is 0 Å². The van der Waals surface area contributed by atoms with Crippen LogP contribution in [-0.2, 0) is 14.3 Å². The van der Waals surface area contributed by atoms with Gasteiger partial charge in [-0.25, -0.2) is 0 Å².